The Morgan fingerprint density at radius 1 is 0.582 bits per heavy atom. The predicted octanol–water partition coefficient (Wildman–Crippen LogP) is 2.54. The molecular formula is C60H66N6O13. The Morgan fingerprint density at radius 2 is 0.987 bits per heavy atom. The van der Waals surface area contributed by atoms with Crippen LogP contribution in [0.1, 0.15) is 79.0 Å². The van der Waals surface area contributed by atoms with Crippen molar-refractivity contribution in [3.63, 3.8) is 0 Å². The normalized spacial score (nSPS) is 15.1. The van der Waals surface area contributed by atoms with E-state index in [1.807, 2.05) is 0 Å². The van der Waals surface area contributed by atoms with Crippen molar-refractivity contribution >= 4 is 41.4 Å². The Kier molecular flexibility index (Phi) is 19.9. The fraction of sp³-hybridized carbons (Fsp3) is 0.283. The molecule has 19 nitrogen and oxygen atoms in total. The van der Waals surface area contributed by atoms with Crippen molar-refractivity contribution in [2.75, 3.05) is 6.61 Å². The van der Waals surface area contributed by atoms with Crippen molar-refractivity contribution in [2.24, 2.45) is 22.9 Å². The van der Waals surface area contributed by atoms with Gasteiger partial charge in [0.1, 0.15) is 35.4 Å². The number of ketones is 1. The highest BCUT2D eigenvalue weighted by atomic mass is 16.6. The number of benzene rings is 6. The van der Waals surface area contributed by atoms with Crippen LogP contribution >= 0.6 is 0 Å². The molecule has 13 N–H and O–H groups in total. The lowest BCUT2D eigenvalue weighted by molar-refractivity contribution is -0.184. The fourth-order valence-corrected chi connectivity index (χ4v) is 9.64. The van der Waals surface area contributed by atoms with E-state index in [1.165, 1.54) is 32.9 Å². The smallest absolute Gasteiger partial charge is 0.343 e. The molecule has 414 valence electrons. The van der Waals surface area contributed by atoms with Crippen LogP contribution in [0.5, 0.6) is 0 Å². The molecule has 0 bridgehead atoms. The highest BCUT2D eigenvalue weighted by Crippen LogP contribution is 2.48. The highest BCUT2D eigenvalue weighted by molar-refractivity contribution is 6.14. The molecule has 0 aliphatic carbocycles. The molecule has 0 aromatic heterocycles. The first-order valence-corrected chi connectivity index (χ1v) is 25.3. The van der Waals surface area contributed by atoms with Gasteiger partial charge in [-0.3, -0.25) is 33.7 Å². The minimum Gasteiger partial charge on any atom is -0.458 e. The van der Waals surface area contributed by atoms with Crippen LogP contribution in [0.4, 0.5) is 0 Å². The molecule has 0 aliphatic heterocycles. The Labute approximate surface area is 457 Å². The van der Waals surface area contributed by atoms with E-state index in [0.29, 0.717) is 16.0 Å². The van der Waals surface area contributed by atoms with E-state index in [1.54, 1.807) is 170 Å². The summed E-state index contributed by atoms with van der Waals surface area (Å²) >= 11 is 0. The maximum absolute atomic E-state index is 15.9. The third-order valence-electron chi connectivity index (χ3n) is 13.2. The first kappa shape index (κ1) is 59.8. The van der Waals surface area contributed by atoms with E-state index in [4.69, 9.17) is 32.4 Å². The summed E-state index contributed by atoms with van der Waals surface area (Å²) in [5.74, 6) is -11.4. The van der Waals surface area contributed by atoms with Gasteiger partial charge in [-0.05, 0) is 54.2 Å². The van der Waals surface area contributed by atoms with Crippen molar-refractivity contribution in [3.05, 3.63) is 215 Å². The van der Waals surface area contributed by atoms with Gasteiger partial charge in [0.15, 0.2) is 11.9 Å². The molecule has 6 rings (SSSR count). The number of Topliss-reactive ketones (excluding diaryl/α,β-unsaturated/α-hetero) is 1. The molecule has 79 heavy (non-hydrogen) atoms. The number of nitrogens with one attached hydrogen (secondary N) is 1. The van der Waals surface area contributed by atoms with Crippen LogP contribution in [0.3, 0.4) is 0 Å². The molecule has 0 radical (unpaired) electrons. The molecular weight excluding hydrogens is 1010 g/mol. The second kappa shape index (κ2) is 26.3. The summed E-state index contributed by atoms with van der Waals surface area (Å²) in [5, 5.41) is 48.9. The number of primary amides is 2. The average molecular weight is 1080 g/mol. The van der Waals surface area contributed by atoms with Gasteiger partial charge in [0.05, 0.1) is 31.6 Å². The fourth-order valence-electron chi connectivity index (χ4n) is 9.64. The molecule has 0 aliphatic rings. The van der Waals surface area contributed by atoms with Crippen LogP contribution < -0.4 is 28.3 Å². The second-order valence-corrected chi connectivity index (χ2v) is 19.9. The molecule has 0 fully saturated rings. The van der Waals surface area contributed by atoms with Crippen molar-refractivity contribution in [1.29, 1.82) is 0 Å². The first-order chi connectivity index (χ1) is 37.6. The van der Waals surface area contributed by atoms with E-state index in [9.17, 15) is 39.6 Å². The van der Waals surface area contributed by atoms with Gasteiger partial charge in [-0.15, -0.1) is 0 Å². The van der Waals surface area contributed by atoms with Crippen molar-refractivity contribution < 1.29 is 63.5 Å². The Hall–Kier alpha value is -8.43. The van der Waals surface area contributed by atoms with E-state index in [-0.39, 0.29) is 22.3 Å². The number of hydrogen-bond acceptors (Lipinski definition) is 15. The number of carbonyl (C=O) groups excluding carboxylic acids is 7. The van der Waals surface area contributed by atoms with Crippen LogP contribution in [-0.4, -0.2) is 121 Å². The van der Waals surface area contributed by atoms with Crippen molar-refractivity contribution in [3.8, 4) is 0 Å². The zero-order valence-corrected chi connectivity index (χ0v) is 43.8. The largest absolute Gasteiger partial charge is 0.458 e. The monoisotopic (exact) mass is 1080 g/mol. The van der Waals surface area contributed by atoms with Crippen LogP contribution in [-0.2, 0) is 48.6 Å². The number of hydrogen-bond donors (Lipinski definition) is 9. The van der Waals surface area contributed by atoms with Gasteiger partial charge in [0.25, 0.3) is 5.91 Å². The van der Waals surface area contributed by atoms with Crippen molar-refractivity contribution in [2.45, 2.75) is 98.8 Å². The van der Waals surface area contributed by atoms with Gasteiger partial charge in [0, 0.05) is 5.92 Å². The molecule has 0 spiro atoms. The Balaban J connectivity index is 1.49. The van der Waals surface area contributed by atoms with Gasteiger partial charge in [-0.1, -0.05) is 182 Å². The molecule has 0 heterocycles. The van der Waals surface area contributed by atoms with Crippen LogP contribution in [0.15, 0.2) is 182 Å². The molecule has 8 atom stereocenters. The van der Waals surface area contributed by atoms with E-state index in [0.717, 1.165) is 0 Å². The minimum atomic E-state index is -3.40. The SMILES string of the molecule is CC(C)(C)OC(=O)[C@](CC(N)=O)(C(=O)N[C@@H](CO)C(=O)[C@@H](O)[C@H](O)C(O)C(c1ccccc1)[C@H](N)C(=O)OC(c1ccccc1)c1ccccc1)N(C(=O)[C@@H](N)CC(N)=O)C(c1ccccc1)(c1ccccc1)c1ccccc1. The molecule has 4 amide bonds. The number of aliphatic hydroxyl groups excluding tert-OH is 4. The standard InChI is InChI=1S/C60H66N6O13/c1-58(2,3)79-57(77)59(35-46(63)69,66(54(74)43(61)34-45(62)68)60(40-28-16-7-17-29-40,41-30-18-8-19-31-41)42-32-20-9-21-33-42)56(76)65-44(36-67)49(70)51(72)52(73)50(71)47(37-22-10-4-11-23-37)48(64)55(75)78-53(38-24-12-5-13-25-38)39-26-14-6-15-27-39/h4-33,43-44,47-48,50-53,67,71-73H,34-36,61,64H2,1-3H3,(H2,62,68)(H2,63,69)(H,65,76)/t43-,44-,47?,48-,50?,51+,52+,59-/m0/s1. The van der Waals surface area contributed by atoms with E-state index < -0.39 is 126 Å². The molecule has 0 saturated heterocycles. The van der Waals surface area contributed by atoms with Gasteiger partial charge in [-0.25, -0.2) is 4.79 Å². The van der Waals surface area contributed by atoms with Gasteiger partial charge >= 0.3 is 11.9 Å². The summed E-state index contributed by atoms with van der Waals surface area (Å²) < 4.78 is 12.0. The summed E-state index contributed by atoms with van der Waals surface area (Å²) in [6, 6.07) is 42.9. The Morgan fingerprint density at radius 3 is 1.37 bits per heavy atom. The van der Waals surface area contributed by atoms with Crippen molar-refractivity contribution in [1.82, 2.24) is 10.2 Å². The summed E-state index contributed by atoms with van der Waals surface area (Å²) in [6.45, 7) is 2.87. The number of esters is 2. The minimum absolute atomic E-state index is 0.160. The van der Waals surface area contributed by atoms with Crippen LogP contribution in [0.25, 0.3) is 0 Å². The number of nitrogens with zero attached hydrogens (tertiary/aromatic N) is 1. The molecule has 0 saturated carbocycles. The topological polar surface area (TPSA) is 338 Å². The zero-order chi connectivity index (χ0) is 57.7. The lowest BCUT2D eigenvalue weighted by Gasteiger charge is -2.53. The third-order valence-corrected chi connectivity index (χ3v) is 13.2. The number of amides is 4. The van der Waals surface area contributed by atoms with E-state index in [2.05, 4.69) is 5.32 Å². The quantitative estimate of drug-likeness (QED) is 0.0226. The molecule has 6 aromatic carbocycles. The lowest BCUT2D eigenvalue weighted by Crippen LogP contribution is -2.75. The maximum atomic E-state index is 15.9. The summed E-state index contributed by atoms with van der Waals surface area (Å²) in [7, 11) is 0. The van der Waals surface area contributed by atoms with Crippen LogP contribution in [0.2, 0.25) is 0 Å². The number of aliphatic hydroxyl groups is 4. The Bertz CT molecular complexity index is 2890. The number of carbonyl (C=O) groups is 7. The summed E-state index contributed by atoms with van der Waals surface area (Å²) in [5.41, 5.74) is 19.4. The van der Waals surface area contributed by atoms with Gasteiger partial charge in [-0.2, -0.15) is 0 Å². The highest BCUT2D eigenvalue weighted by Gasteiger charge is 2.65. The molecule has 6 aromatic rings. The van der Waals surface area contributed by atoms with Gasteiger partial charge in [0.2, 0.25) is 23.3 Å². The van der Waals surface area contributed by atoms with Crippen LogP contribution in [0, 0.1) is 0 Å². The average Bonchev–Trinajstić information content (AvgIpc) is 3.58. The first-order valence-electron chi connectivity index (χ1n) is 25.3. The molecule has 19 heteroatoms. The number of ether oxygens (including phenoxy) is 2. The second-order valence-electron chi connectivity index (χ2n) is 19.9. The summed E-state index contributed by atoms with van der Waals surface area (Å²) in [4.78, 5) is 103. The number of rotatable bonds is 25. The summed E-state index contributed by atoms with van der Waals surface area (Å²) in [6.07, 6.45) is -10.8. The maximum Gasteiger partial charge on any atom is 0.343 e. The van der Waals surface area contributed by atoms with Gasteiger partial charge < -0.3 is 58.2 Å². The number of nitrogens with two attached hydrogens (primary N) is 4. The zero-order valence-electron chi connectivity index (χ0n) is 43.8. The predicted molar refractivity (Wildman–Crippen MR) is 290 cm³/mol. The lowest BCUT2D eigenvalue weighted by atomic mass is 9.71. The third kappa shape index (κ3) is 13.5. The van der Waals surface area contributed by atoms with E-state index >= 15 is 14.4 Å². The molecule has 2 unspecified atom stereocenters.